The Morgan fingerprint density at radius 3 is 2.25 bits per heavy atom. The van der Waals surface area contributed by atoms with Crippen LogP contribution >= 0.6 is 0 Å². The van der Waals surface area contributed by atoms with Gasteiger partial charge in [0.1, 0.15) is 0 Å². The van der Waals surface area contributed by atoms with Crippen molar-refractivity contribution in [2.24, 2.45) is 5.41 Å². The van der Waals surface area contributed by atoms with Crippen LogP contribution in [-0.4, -0.2) is 33.7 Å². The number of nitrogens with zero attached hydrogens (tertiary/aromatic N) is 1. The molecule has 0 unspecified atom stereocenters. The van der Waals surface area contributed by atoms with E-state index in [9.17, 15) is 13.2 Å². The third-order valence-corrected chi connectivity index (χ3v) is 5.55. The minimum atomic E-state index is -3.43. The van der Waals surface area contributed by atoms with Crippen molar-refractivity contribution in [2.75, 3.05) is 34.3 Å². The number of allylic oxidation sites excluding steroid dienone is 1. The summed E-state index contributed by atoms with van der Waals surface area (Å²) in [5.74, 6) is -0.0963. The highest BCUT2D eigenvalue weighted by atomic mass is 32.2. The van der Waals surface area contributed by atoms with Crippen molar-refractivity contribution in [1.29, 1.82) is 0 Å². The summed E-state index contributed by atoms with van der Waals surface area (Å²) in [5.41, 5.74) is 5.69. The summed E-state index contributed by atoms with van der Waals surface area (Å²) in [4.78, 5) is 15.0. The third-order valence-electron chi connectivity index (χ3n) is 4.98. The standard InChI is InChI=1S/C21H33N3O3S/c1-13(2)9-11-24-12-10-16-14(3)17(23-28(8,26)27)15(4)18(19(16)24)22-20(25)21(5,6)7/h9,23H,10-12H2,1-8H3,(H,22,25). The Hall–Kier alpha value is -2.02. The molecule has 1 aliphatic rings. The summed E-state index contributed by atoms with van der Waals surface area (Å²) in [6.45, 7) is 15.1. The van der Waals surface area contributed by atoms with Gasteiger partial charge in [0, 0.05) is 18.5 Å². The lowest BCUT2D eigenvalue weighted by molar-refractivity contribution is -0.123. The molecule has 28 heavy (non-hydrogen) atoms. The molecule has 0 bridgehead atoms. The highest BCUT2D eigenvalue weighted by molar-refractivity contribution is 7.92. The van der Waals surface area contributed by atoms with E-state index in [1.54, 1.807) is 0 Å². The van der Waals surface area contributed by atoms with Gasteiger partial charge >= 0.3 is 0 Å². The average Bonchev–Trinajstić information content (AvgIpc) is 2.95. The van der Waals surface area contributed by atoms with Crippen molar-refractivity contribution in [3.05, 3.63) is 28.3 Å². The first-order chi connectivity index (χ1) is 12.7. The van der Waals surface area contributed by atoms with Crippen LogP contribution in [-0.2, 0) is 21.2 Å². The van der Waals surface area contributed by atoms with Gasteiger partial charge in [-0.2, -0.15) is 0 Å². The lowest BCUT2D eigenvalue weighted by atomic mass is 9.94. The zero-order valence-corrected chi connectivity index (χ0v) is 19.1. The number of hydrogen-bond acceptors (Lipinski definition) is 4. The van der Waals surface area contributed by atoms with Crippen LogP contribution in [0.3, 0.4) is 0 Å². The highest BCUT2D eigenvalue weighted by Gasteiger charge is 2.31. The van der Waals surface area contributed by atoms with Crippen LogP contribution in [0.2, 0.25) is 0 Å². The van der Waals surface area contributed by atoms with E-state index in [0.29, 0.717) is 11.4 Å². The first kappa shape index (κ1) is 22.3. The summed E-state index contributed by atoms with van der Waals surface area (Å²) in [6.07, 6.45) is 4.13. The predicted molar refractivity (Wildman–Crippen MR) is 118 cm³/mol. The van der Waals surface area contributed by atoms with Crippen LogP contribution in [0.5, 0.6) is 0 Å². The van der Waals surface area contributed by atoms with Crippen molar-refractivity contribution in [3.8, 4) is 0 Å². The second-order valence-corrected chi connectivity index (χ2v) is 10.6. The smallest absolute Gasteiger partial charge is 0.229 e. The summed E-state index contributed by atoms with van der Waals surface area (Å²) < 4.78 is 26.5. The molecule has 0 spiro atoms. The maximum atomic E-state index is 12.8. The molecular formula is C21H33N3O3S. The Morgan fingerprint density at radius 2 is 1.75 bits per heavy atom. The SMILES string of the molecule is CC(C)=CCN1CCc2c(C)c(NS(C)(=O)=O)c(C)c(NC(=O)C(C)(C)C)c21. The Morgan fingerprint density at radius 1 is 1.14 bits per heavy atom. The molecule has 0 atom stereocenters. The molecule has 1 aliphatic heterocycles. The zero-order chi connectivity index (χ0) is 21.4. The molecule has 0 saturated heterocycles. The Bertz CT molecular complexity index is 921. The van der Waals surface area contributed by atoms with E-state index < -0.39 is 15.4 Å². The van der Waals surface area contributed by atoms with Crippen LogP contribution in [0.4, 0.5) is 17.1 Å². The fourth-order valence-electron chi connectivity index (χ4n) is 3.34. The van der Waals surface area contributed by atoms with Gasteiger partial charge in [0.2, 0.25) is 15.9 Å². The first-order valence-electron chi connectivity index (χ1n) is 9.56. The van der Waals surface area contributed by atoms with E-state index in [4.69, 9.17) is 0 Å². The summed E-state index contributed by atoms with van der Waals surface area (Å²) >= 11 is 0. The lowest BCUT2D eigenvalue weighted by Crippen LogP contribution is -2.30. The van der Waals surface area contributed by atoms with Gasteiger partial charge in [0.05, 0.1) is 23.3 Å². The highest BCUT2D eigenvalue weighted by Crippen LogP contribution is 2.45. The molecule has 156 valence electrons. The van der Waals surface area contributed by atoms with E-state index in [0.717, 1.165) is 48.1 Å². The minimum absolute atomic E-state index is 0.0963. The number of fused-ring (bicyclic) bond motifs is 1. The number of carbonyl (C=O) groups excluding carboxylic acids is 1. The number of carbonyl (C=O) groups is 1. The van der Waals surface area contributed by atoms with Crippen LogP contribution in [0.15, 0.2) is 11.6 Å². The molecular weight excluding hydrogens is 374 g/mol. The van der Waals surface area contributed by atoms with E-state index in [-0.39, 0.29) is 5.91 Å². The molecule has 1 amide bonds. The third kappa shape index (κ3) is 4.87. The maximum Gasteiger partial charge on any atom is 0.229 e. The second-order valence-electron chi connectivity index (χ2n) is 8.88. The molecule has 0 radical (unpaired) electrons. The van der Waals surface area contributed by atoms with Crippen LogP contribution in [0.25, 0.3) is 0 Å². The van der Waals surface area contributed by atoms with Crippen LogP contribution in [0, 0.1) is 19.3 Å². The molecule has 6 nitrogen and oxygen atoms in total. The van der Waals surface area contributed by atoms with Gasteiger partial charge in [-0.3, -0.25) is 9.52 Å². The average molecular weight is 408 g/mol. The molecule has 0 fully saturated rings. The van der Waals surface area contributed by atoms with Crippen molar-refractivity contribution in [1.82, 2.24) is 0 Å². The Kier molecular flexibility index (Phi) is 6.19. The largest absolute Gasteiger partial charge is 0.366 e. The molecule has 2 rings (SSSR count). The van der Waals surface area contributed by atoms with E-state index in [1.807, 2.05) is 34.6 Å². The second kappa shape index (κ2) is 7.78. The van der Waals surface area contributed by atoms with Crippen LogP contribution in [0.1, 0.15) is 51.3 Å². The van der Waals surface area contributed by atoms with Gasteiger partial charge < -0.3 is 10.2 Å². The summed E-state index contributed by atoms with van der Waals surface area (Å²) in [6, 6.07) is 0. The van der Waals surface area contributed by atoms with Crippen molar-refractivity contribution < 1.29 is 13.2 Å². The molecule has 1 aromatic rings. The van der Waals surface area contributed by atoms with Gasteiger partial charge in [-0.25, -0.2) is 8.42 Å². The zero-order valence-electron chi connectivity index (χ0n) is 18.3. The van der Waals surface area contributed by atoms with Crippen LogP contribution < -0.4 is 14.9 Å². The maximum absolute atomic E-state index is 12.8. The molecule has 0 aromatic heterocycles. The monoisotopic (exact) mass is 407 g/mol. The Labute approximate surface area is 169 Å². The fourth-order valence-corrected chi connectivity index (χ4v) is 4.02. The minimum Gasteiger partial charge on any atom is -0.366 e. The fraction of sp³-hybridized carbons (Fsp3) is 0.571. The van der Waals surface area contributed by atoms with E-state index in [2.05, 4.69) is 34.9 Å². The normalized spacial score (nSPS) is 13.9. The number of anilines is 3. The molecule has 0 aliphatic carbocycles. The van der Waals surface area contributed by atoms with Gasteiger partial charge in [-0.05, 0) is 50.8 Å². The van der Waals surface area contributed by atoms with Gasteiger partial charge in [-0.1, -0.05) is 32.4 Å². The molecule has 1 heterocycles. The van der Waals surface area contributed by atoms with Crippen molar-refractivity contribution in [2.45, 2.75) is 54.9 Å². The number of rotatable bonds is 5. The number of benzene rings is 1. The number of amides is 1. The van der Waals surface area contributed by atoms with Gasteiger partial charge in [0.25, 0.3) is 0 Å². The number of sulfonamides is 1. The molecule has 2 N–H and O–H groups in total. The molecule has 0 saturated carbocycles. The summed E-state index contributed by atoms with van der Waals surface area (Å²) in [5, 5.41) is 3.09. The topological polar surface area (TPSA) is 78.5 Å². The van der Waals surface area contributed by atoms with Crippen molar-refractivity contribution in [3.63, 3.8) is 0 Å². The first-order valence-corrected chi connectivity index (χ1v) is 11.4. The van der Waals surface area contributed by atoms with Crippen molar-refractivity contribution >= 4 is 33.0 Å². The molecule has 7 heteroatoms. The number of nitrogens with one attached hydrogen (secondary N) is 2. The van der Waals surface area contributed by atoms with E-state index in [1.165, 1.54) is 5.57 Å². The molecule has 1 aromatic carbocycles. The summed E-state index contributed by atoms with van der Waals surface area (Å²) in [7, 11) is -3.43. The predicted octanol–water partition coefficient (Wildman–Crippen LogP) is 3.99. The Balaban J connectivity index is 2.68. The van der Waals surface area contributed by atoms with Gasteiger partial charge in [-0.15, -0.1) is 0 Å². The lowest BCUT2D eigenvalue weighted by Gasteiger charge is -2.27. The van der Waals surface area contributed by atoms with E-state index >= 15 is 0 Å². The number of hydrogen-bond donors (Lipinski definition) is 2. The van der Waals surface area contributed by atoms with Gasteiger partial charge in [0.15, 0.2) is 0 Å². The quantitative estimate of drug-likeness (QED) is 0.724.